The fourth-order valence-corrected chi connectivity index (χ4v) is 1.31. The van der Waals surface area contributed by atoms with E-state index in [0.717, 1.165) is 0 Å². The molecule has 0 spiro atoms. The zero-order valence-electron chi connectivity index (χ0n) is 8.64. The lowest BCUT2D eigenvalue weighted by atomic mass is 9.74. The Kier molecular flexibility index (Phi) is 5.75. The second-order valence-corrected chi connectivity index (χ2v) is 3.26. The first-order valence-corrected chi connectivity index (χ1v) is 4.66. The summed E-state index contributed by atoms with van der Waals surface area (Å²) in [5.74, 6) is -0.824. The van der Waals surface area contributed by atoms with Crippen molar-refractivity contribution in [2.45, 2.75) is 25.7 Å². The molecule has 0 aliphatic rings. The van der Waals surface area contributed by atoms with E-state index in [1.807, 2.05) is 12.1 Å². The summed E-state index contributed by atoms with van der Waals surface area (Å²) in [4.78, 5) is 0. The molecule has 0 fully saturated rings. The van der Waals surface area contributed by atoms with Gasteiger partial charge in [0.1, 0.15) is 0 Å². The van der Waals surface area contributed by atoms with Gasteiger partial charge in [0, 0.05) is 6.42 Å². The Morgan fingerprint density at radius 2 is 1.56 bits per heavy atom. The van der Waals surface area contributed by atoms with Gasteiger partial charge < -0.3 is 0 Å². The van der Waals surface area contributed by atoms with Crippen LogP contribution in [-0.4, -0.2) is 0 Å². The summed E-state index contributed by atoms with van der Waals surface area (Å²) < 4.78 is 0. The van der Waals surface area contributed by atoms with Crippen LogP contribution >= 0.6 is 0 Å². The first kappa shape index (κ1) is 13.4. The van der Waals surface area contributed by atoms with E-state index in [1.54, 1.807) is 18.2 Å². The monoisotopic (exact) mass is 211 g/mol. The van der Waals surface area contributed by atoms with E-state index in [4.69, 9.17) is 26.3 Å². The molecule has 78 valence electrons. The maximum atomic E-state index is 8.93. The van der Waals surface area contributed by atoms with Gasteiger partial charge in [0.05, 0.1) is 42.7 Å². The van der Waals surface area contributed by atoms with E-state index in [2.05, 4.69) is 0 Å². The Morgan fingerprint density at radius 3 is 1.94 bits per heavy atom. The Morgan fingerprint density at radius 1 is 0.938 bits per heavy atom. The van der Waals surface area contributed by atoms with E-state index in [9.17, 15) is 0 Å². The molecule has 0 aromatic rings. The molecule has 0 amide bonds. The molecule has 1 unspecified atom stereocenters. The van der Waals surface area contributed by atoms with Crippen LogP contribution in [0.4, 0.5) is 0 Å². The van der Waals surface area contributed by atoms with Gasteiger partial charge in [-0.2, -0.15) is 26.3 Å². The number of rotatable bonds is 5. The largest absolute Gasteiger partial charge is 0.198 e. The van der Waals surface area contributed by atoms with Crippen LogP contribution in [0.1, 0.15) is 25.7 Å². The molecule has 0 bridgehead atoms. The Labute approximate surface area is 94.4 Å². The average molecular weight is 211 g/mol. The van der Waals surface area contributed by atoms with Gasteiger partial charge in [-0.1, -0.05) is 0 Å². The van der Waals surface area contributed by atoms with Gasteiger partial charge in [0.15, 0.2) is 5.41 Å². The summed E-state index contributed by atoms with van der Waals surface area (Å²) in [5.41, 5.74) is -1.57. The second kappa shape index (κ2) is 6.84. The van der Waals surface area contributed by atoms with Gasteiger partial charge in [-0.3, -0.25) is 0 Å². The van der Waals surface area contributed by atoms with Crippen molar-refractivity contribution in [3.05, 3.63) is 0 Å². The van der Waals surface area contributed by atoms with Crippen molar-refractivity contribution < 1.29 is 0 Å². The molecule has 0 N–H and O–H groups in total. The number of nitriles is 5. The van der Waals surface area contributed by atoms with Gasteiger partial charge in [-0.05, 0) is 12.8 Å². The first-order chi connectivity index (χ1) is 7.70. The van der Waals surface area contributed by atoms with E-state index >= 15 is 0 Å². The zero-order valence-corrected chi connectivity index (χ0v) is 8.64. The highest BCUT2D eigenvalue weighted by atomic mass is 14.5. The molecule has 0 rings (SSSR count). The van der Waals surface area contributed by atoms with Crippen LogP contribution in [0.3, 0.4) is 0 Å². The lowest BCUT2D eigenvalue weighted by Crippen LogP contribution is -2.26. The van der Waals surface area contributed by atoms with Crippen LogP contribution in [0.15, 0.2) is 0 Å². The molecule has 0 aliphatic heterocycles. The Balaban J connectivity index is 4.86. The van der Waals surface area contributed by atoms with Crippen molar-refractivity contribution >= 4 is 0 Å². The topological polar surface area (TPSA) is 119 Å². The van der Waals surface area contributed by atoms with E-state index in [0.29, 0.717) is 6.42 Å². The van der Waals surface area contributed by atoms with Crippen LogP contribution in [-0.2, 0) is 0 Å². The van der Waals surface area contributed by atoms with Crippen molar-refractivity contribution in [1.82, 2.24) is 0 Å². The second-order valence-electron chi connectivity index (χ2n) is 3.26. The summed E-state index contributed by atoms with van der Waals surface area (Å²) in [6.07, 6.45) is 0.723. The predicted molar refractivity (Wildman–Crippen MR) is 52.5 cm³/mol. The van der Waals surface area contributed by atoms with Crippen LogP contribution in [0.25, 0.3) is 0 Å². The fraction of sp³-hybridized carbons (Fsp3) is 0.545. The van der Waals surface area contributed by atoms with Gasteiger partial charge in [0.2, 0.25) is 0 Å². The van der Waals surface area contributed by atoms with Crippen LogP contribution in [0.2, 0.25) is 0 Å². The SMILES string of the molecule is N#CCCCC(C#N)C(C#N)(C#N)CC#N. The van der Waals surface area contributed by atoms with Crippen molar-refractivity contribution in [2.75, 3.05) is 0 Å². The summed E-state index contributed by atoms with van der Waals surface area (Å²) in [6, 6.07) is 9.07. The van der Waals surface area contributed by atoms with E-state index in [1.165, 1.54) is 0 Å². The molecule has 0 aliphatic carbocycles. The Hall–Kier alpha value is -2.55. The molecule has 1 atom stereocenters. The highest BCUT2D eigenvalue weighted by Gasteiger charge is 2.39. The van der Waals surface area contributed by atoms with Crippen molar-refractivity contribution in [3.8, 4) is 30.3 Å². The molecule has 0 radical (unpaired) electrons. The zero-order chi connectivity index (χ0) is 12.4. The van der Waals surface area contributed by atoms with Gasteiger partial charge in [-0.15, -0.1) is 0 Å². The molecule has 5 heteroatoms. The number of hydrogen-bond acceptors (Lipinski definition) is 5. The summed E-state index contributed by atoms with van der Waals surface area (Å²) in [6.45, 7) is 0. The van der Waals surface area contributed by atoms with Gasteiger partial charge >= 0.3 is 0 Å². The van der Waals surface area contributed by atoms with Crippen LogP contribution in [0, 0.1) is 68.0 Å². The minimum atomic E-state index is -1.57. The number of nitrogens with zero attached hydrogens (tertiary/aromatic N) is 5. The van der Waals surface area contributed by atoms with E-state index in [-0.39, 0.29) is 19.3 Å². The molecule has 5 nitrogen and oxygen atoms in total. The summed E-state index contributed by atoms with van der Waals surface area (Å²) >= 11 is 0. The summed E-state index contributed by atoms with van der Waals surface area (Å²) in [5, 5.41) is 43.7. The number of hydrogen-bond donors (Lipinski definition) is 0. The minimum Gasteiger partial charge on any atom is -0.198 e. The average Bonchev–Trinajstić information content (AvgIpc) is 2.32. The minimum absolute atomic E-state index is 0.275. The van der Waals surface area contributed by atoms with Gasteiger partial charge in [-0.25, -0.2) is 0 Å². The lowest BCUT2D eigenvalue weighted by molar-refractivity contribution is 0.368. The van der Waals surface area contributed by atoms with Crippen molar-refractivity contribution in [2.24, 2.45) is 11.3 Å². The highest BCUT2D eigenvalue weighted by Crippen LogP contribution is 2.33. The first-order valence-electron chi connectivity index (χ1n) is 4.66. The maximum Gasteiger partial charge on any atom is 0.172 e. The lowest BCUT2D eigenvalue weighted by Gasteiger charge is -2.20. The maximum absolute atomic E-state index is 8.93. The standard InChI is InChI=1S/C11H9N5/c12-5-2-1-3-10(7-14)11(8-15,9-16)4-6-13/h10H,1-4H2. The third-order valence-electron chi connectivity index (χ3n) is 2.29. The molecule has 0 aromatic heterocycles. The Bertz CT molecular complexity index is 417. The normalized spacial score (nSPS) is 10.9. The molecular weight excluding hydrogens is 202 g/mol. The quantitative estimate of drug-likeness (QED) is 0.641. The smallest absolute Gasteiger partial charge is 0.172 e. The molecule has 0 saturated carbocycles. The third-order valence-corrected chi connectivity index (χ3v) is 2.29. The summed E-state index contributed by atoms with van der Waals surface area (Å²) in [7, 11) is 0. The molecular formula is C11H9N5. The molecule has 16 heavy (non-hydrogen) atoms. The molecule has 0 aromatic carbocycles. The van der Waals surface area contributed by atoms with Gasteiger partial charge in [0.25, 0.3) is 0 Å². The van der Waals surface area contributed by atoms with E-state index < -0.39 is 11.3 Å². The predicted octanol–water partition coefficient (Wildman–Crippen LogP) is 1.77. The molecule has 0 heterocycles. The van der Waals surface area contributed by atoms with Crippen LogP contribution in [0.5, 0.6) is 0 Å². The fourth-order valence-electron chi connectivity index (χ4n) is 1.31. The third kappa shape index (κ3) is 2.99. The number of unbranched alkanes of at least 4 members (excludes halogenated alkanes) is 1. The highest BCUT2D eigenvalue weighted by molar-refractivity contribution is 5.23. The molecule has 0 saturated heterocycles. The van der Waals surface area contributed by atoms with Crippen LogP contribution < -0.4 is 0 Å². The van der Waals surface area contributed by atoms with Crippen molar-refractivity contribution in [3.63, 3.8) is 0 Å². The van der Waals surface area contributed by atoms with Crippen molar-refractivity contribution in [1.29, 1.82) is 26.3 Å².